The molecule has 0 aliphatic carbocycles. The zero-order chi connectivity index (χ0) is 24.8. The minimum absolute atomic E-state index is 0.0170. The van der Waals surface area contributed by atoms with Crippen LogP contribution in [-0.4, -0.2) is 20.1 Å². The van der Waals surface area contributed by atoms with Crippen LogP contribution in [-0.2, 0) is 21.1 Å². The summed E-state index contributed by atoms with van der Waals surface area (Å²) < 4.78 is 44.1. The summed E-state index contributed by atoms with van der Waals surface area (Å²) in [5.74, 6) is -0.276. The highest BCUT2D eigenvalue weighted by Crippen LogP contribution is 2.36. The molecule has 0 aliphatic rings. The Hall–Kier alpha value is -3.97. The number of carbonyl (C=O) groups is 1. The molecule has 4 aromatic rings. The fraction of sp³-hybridized carbons (Fsp3) is 0.107. The Morgan fingerprint density at radius 1 is 0.857 bits per heavy atom. The van der Waals surface area contributed by atoms with Crippen molar-refractivity contribution in [1.82, 2.24) is 0 Å². The fourth-order valence-corrected chi connectivity index (χ4v) is 4.44. The average molecular weight is 490 g/mol. The molecule has 5 nitrogen and oxygen atoms in total. The standard InChI is InChI=1S/C28H24FNO4S/c1-2-35(32,33)23-15-12-20(13-16-23)18-28(31)30-22-14-17-24(21-8-4-3-5-9-21)27(19-22)34-26-11-7-6-10-25(26)29/h3-17,19H,2,18H2,1H3,(H,30,31). The molecule has 4 rings (SSSR count). The average Bonchev–Trinajstić information content (AvgIpc) is 2.86. The zero-order valence-corrected chi connectivity index (χ0v) is 19.9. The summed E-state index contributed by atoms with van der Waals surface area (Å²) in [6.07, 6.45) is 0.0659. The first-order valence-corrected chi connectivity index (χ1v) is 12.7. The predicted octanol–water partition coefficient (Wildman–Crippen LogP) is 6.26. The van der Waals surface area contributed by atoms with Gasteiger partial charge in [-0.3, -0.25) is 4.79 Å². The molecule has 178 valence electrons. The maximum absolute atomic E-state index is 14.3. The molecule has 0 atom stereocenters. The Morgan fingerprint density at radius 3 is 2.23 bits per heavy atom. The molecule has 0 aliphatic heterocycles. The number of benzene rings is 4. The molecule has 0 spiro atoms. The summed E-state index contributed by atoms with van der Waals surface area (Å²) >= 11 is 0. The van der Waals surface area contributed by atoms with Gasteiger partial charge in [0.05, 0.1) is 17.1 Å². The summed E-state index contributed by atoms with van der Waals surface area (Å²) in [6.45, 7) is 1.59. The van der Waals surface area contributed by atoms with Crippen molar-refractivity contribution in [2.24, 2.45) is 0 Å². The number of hydrogen-bond donors (Lipinski definition) is 1. The lowest BCUT2D eigenvalue weighted by molar-refractivity contribution is -0.115. The molecule has 0 radical (unpaired) electrons. The topological polar surface area (TPSA) is 72.5 Å². The molecule has 35 heavy (non-hydrogen) atoms. The Bertz CT molecular complexity index is 1440. The SMILES string of the molecule is CCS(=O)(=O)c1ccc(CC(=O)Nc2ccc(-c3ccccc3)c(Oc3ccccc3F)c2)cc1. The fourth-order valence-electron chi connectivity index (χ4n) is 3.56. The van der Waals surface area contributed by atoms with E-state index in [1.54, 1.807) is 43.3 Å². The van der Waals surface area contributed by atoms with Crippen molar-refractivity contribution in [3.8, 4) is 22.6 Å². The number of hydrogen-bond acceptors (Lipinski definition) is 4. The number of sulfone groups is 1. The molecule has 0 aromatic heterocycles. The van der Waals surface area contributed by atoms with E-state index in [1.807, 2.05) is 36.4 Å². The minimum atomic E-state index is -3.29. The molecular formula is C28H24FNO4S. The van der Waals surface area contributed by atoms with E-state index in [0.29, 0.717) is 17.0 Å². The molecule has 0 saturated carbocycles. The van der Waals surface area contributed by atoms with E-state index in [2.05, 4.69) is 5.32 Å². The second-order valence-corrected chi connectivity index (χ2v) is 10.2. The minimum Gasteiger partial charge on any atom is -0.454 e. The Balaban J connectivity index is 1.56. The van der Waals surface area contributed by atoms with Gasteiger partial charge >= 0.3 is 0 Å². The molecule has 1 amide bonds. The number of para-hydroxylation sites is 1. The molecular weight excluding hydrogens is 465 g/mol. The van der Waals surface area contributed by atoms with E-state index >= 15 is 0 Å². The highest BCUT2D eigenvalue weighted by Gasteiger charge is 2.14. The monoisotopic (exact) mass is 489 g/mol. The third-order valence-electron chi connectivity index (χ3n) is 5.43. The maximum Gasteiger partial charge on any atom is 0.228 e. The summed E-state index contributed by atoms with van der Waals surface area (Å²) in [5, 5.41) is 2.83. The van der Waals surface area contributed by atoms with Crippen molar-refractivity contribution < 1.29 is 22.3 Å². The second kappa shape index (κ2) is 10.5. The third kappa shape index (κ3) is 5.94. The quantitative estimate of drug-likeness (QED) is 0.317. The molecule has 7 heteroatoms. The van der Waals surface area contributed by atoms with Crippen molar-refractivity contribution in [2.75, 3.05) is 11.1 Å². The highest BCUT2D eigenvalue weighted by atomic mass is 32.2. The lowest BCUT2D eigenvalue weighted by atomic mass is 10.0. The van der Waals surface area contributed by atoms with Crippen molar-refractivity contribution >= 4 is 21.4 Å². The summed E-state index contributed by atoms with van der Waals surface area (Å²) in [6, 6.07) is 27.2. The van der Waals surface area contributed by atoms with Gasteiger partial charge < -0.3 is 10.1 Å². The first-order chi connectivity index (χ1) is 16.9. The molecule has 0 unspecified atom stereocenters. The molecule has 4 aromatic carbocycles. The number of halogens is 1. The van der Waals surface area contributed by atoms with Gasteiger partial charge in [-0.1, -0.05) is 61.5 Å². The van der Waals surface area contributed by atoms with Gasteiger partial charge in [-0.25, -0.2) is 12.8 Å². The summed E-state index contributed by atoms with van der Waals surface area (Å²) in [5.41, 5.74) is 2.81. The van der Waals surface area contributed by atoms with Crippen LogP contribution in [0.25, 0.3) is 11.1 Å². The Labute approximate surface area is 204 Å². The summed E-state index contributed by atoms with van der Waals surface area (Å²) in [4.78, 5) is 12.9. The van der Waals surface area contributed by atoms with Crippen molar-refractivity contribution in [1.29, 1.82) is 0 Å². The van der Waals surface area contributed by atoms with Gasteiger partial charge in [-0.2, -0.15) is 0 Å². The normalized spacial score (nSPS) is 11.1. The number of amides is 1. The van der Waals surface area contributed by atoms with Gasteiger partial charge in [0.25, 0.3) is 0 Å². The molecule has 0 fully saturated rings. The molecule has 1 N–H and O–H groups in total. The smallest absolute Gasteiger partial charge is 0.228 e. The first kappa shape index (κ1) is 24.2. The number of anilines is 1. The lowest BCUT2D eigenvalue weighted by Gasteiger charge is -2.14. The van der Waals surface area contributed by atoms with E-state index in [0.717, 1.165) is 11.1 Å². The molecule has 0 saturated heterocycles. The molecule has 0 bridgehead atoms. The van der Waals surface area contributed by atoms with Gasteiger partial charge in [0.1, 0.15) is 5.75 Å². The molecule has 0 heterocycles. The van der Waals surface area contributed by atoms with Crippen LogP contribution in [0.2, 0.25) is 0 Å². The summed E-state index contributed by atoms with van der Waals surface area (Å²) in [7, 11) is -3.29. The van der Waals surface area contributed by atoms with Gasteiger partial charge in [0.2, 0.25) is 5.91 Å². The van der Waals surface area contributed by atoms with Gasteiger partial charge in [0, 0.05) is 17.3 Å². The number of nitrogens with one attached hydrogen (secondary N) is 1. The van der Waals surface area contributed by atoms with E-state index < -0.39 is 15.7 Å². The van der Waals surface area contributed by atoms with Crippen LogP contribution in [0, 0.1) is 5.82 Å². The largest absolute Gasteiger partial charge is 0.454 e. The Kier molecular flexibility index (Phi) is 7.27. The highest BCUT2D eigenvalue weighted by molar-refractivity contribution is 7.91. The van der Waals surface area contributed by atoms with Crippen LogP contribution in [0.1, 0.15) is 12.5 Å². The number of carbonyl (C=O) groups excluding carboxylic acids is 1. The van der Waals surface area contributed by atoms with Gasteiger partial charge in [-0.15, -0.1) is 0 Å². The van der Waals surface area contributed by atoms with Crippen molar-refractivity contribution in [3.05, 3.63) is 108 Å². The Morgan fingerprint density at radius 2 is 1.54 bits per heavy atom. The van der Waals surface area contributed by atoms with E-state index in [1.165, 1.54) is 24.3 Å². The number of ether oxygens (including phenoxy) is 1. The van der Waals surface area contributed by atoms with E-state index in [9.17, 15) is 17.6 Å². The lowest BCUT2D eigenvalue weighted by Crippen LogP contribution is -2.14. The third-order valence-corrected chi connectivity index (χ3v) is 7.18. The van der Waals surface area contributed by atoms with Crippen LogP contribution in [0.4, 0.5) is 10.1 Å². The van der Waals surface area contributed by atoms with Crippen LogP contribution in [0.5, 0.6) is 11.5 Å². The first-order valence-electron chi connectivity index (χ1n) is 11.1. The van der Waals surface area contributed by atoms with Crippen molar-refractivity contribution in [2.45, 2.75) is 18.2 Å². The number of rotatable bonds is 8. The van der Waals surface area contributed by atoms with Crippen LogP contribution in [0.15, 0.2) is 102 Å². The van der Waals surface area contributed by atoms with E-state index in [-0.39, 0.29) is 28.7 Å². The maximum atomic E-state index is 14.3. The second-order valence-electron chi connectivity index (χ2n) is 7.88. The van der Waals surface area contributed by atoms with Gasteiger partial charge in [0.15, 0.2) is 21.4 Å². The van der Waals surface area contributed by atoms with Crippen LogP contribution < -0.4 is 10.1 Å². The van der Waals surface area contributed by atoms with Gasteiger partial charge in [-0.05, 0) is 47.5 Å². The zero-order valence-electron chi connectivity index (χ0n) is 19.1. The van der Waals surface area contributed by atoms with E-state index in [4.69, 9.17) is 4.74 Å². The van der Waals surface area contributed by atoms with Crippen LogP contribution in [0.3, 0.4) is 0 Å². The predicted molar refractivity (Wildman–Crippen MR) is 135 cm³/mol. The van der Waals surface area contributed by atoms with Crippen molar-refractivity contribution in [3.63, 3.8) is 0 Å². The van der Waals surface area contributed by atoms with Crippen LogP contribution >= 0.6 is 0 Å².